The summed E-state index contributed by atoms with van der Waals surface area (Å²) >= 11 is 6.65. The largest absolute Gasteiger partial charge is 0.453 e. The summed E-state index contributed by atoms with van der Waals surface area (Å²) in [6, 6.07) is 9.18. The van der Waals surface area contributed by atoms with Gasteiger partial charge in [0.15, 0.2) is 4.67 Å². The van der Waals surface area contributed by atoms with E-state index in [2.05, 4.69) is 47.2 Å². The Morgan fingerprint density at radius 1 is 1.25 bits per heavy atom. The minimum atomic E-state index is -0.490. The number of methoxy groups -OCH3 is 1. The fourth-order valence-corrected chi connectivity index (χ4v) is 2.17. The molecule has 5 nitrogen and oxygen atoms in total. The molecule has 20 heavy (non-hydrogen) atoms. The molecule has 0 saturated heterocycles. The van der Waals surface area contributed by atoms with Crippen LogP contribution in [0.2, 0.25) is 0 Å². The van der Waals surface area contributed by atoms with E-state index in [0.29, 0.717) is 16.9 Å². The molecule has 0 unspecified atom stereocenters. The van der Waals surface area contributed by atoms with Gasteiger partial charge in [-0.05, 0) is 62.2 Å². The van der Waals surface area contributed by atoms with Crippen LogP contribution in [0.3, 0.4) is 0 Å². The monoisotopic (exact) mass is 402 g/mol. The molecule has 2 rings (SSSR count). The molecule has 0 radical (unpaired) electrons. The normalized spacial score (nSPS) is 10.2. The lowest BCUT2D eigenvalue weighted by molar-refractivity contribution is 0.187. The number of carbonyl (C=O) groups excluding carboxylic acids is 1. The highest BCUT2D eigenvalue weighted by atomic mass is 79.9. The Morgan fingerprint density at radius 3 is 2.45 bits per heavy atom. The van der Waals surface area contributed by atoms with Crippen LogP contribution in [-0.2, 0) is 11.3 Å². The van der Waals surface area contributed by atoms with E-state index in [1.807, 2.05) is 18.2 Å². The molecule has 2 aromatic rings. The van der Waals surface area contributed by atoms with E-state index >= 15 is 0 Å². The van der Waals surface area contributed by atoms with Crippen LogP contribution in [0, 0.1) is 0 Å². The number of halogens is 2. The first-order chi connectivity index (χ1) is 9.58. The average molecular weight is 404 g/mol. The average Bonchev–Trinajstić information content (AvgIpc) is 2.77. The highest BCUT2D eigenvalue weighted by Crippen LogP contribution is 2.27. The van der Waals surface area contributed by atoms with E-state index in [4.69, 9.17) is 4.42 Å². The van der Waals surface area contributed by atoms with Gasteiger partial charge >= 0.3 is 6.09 Å². The Kier molecular flexibility index (Phi) is 5.08. The lowest BCUT2D eigenvalue weighted by atomic mass is 10.2. The third kappa shape index (κ3) is 4.01. The topological polar surface area (TPSA) is 63.5 Å². The molecule has 0 atom stereocenters. The molecule has 0 aliphatic carbocycles. The van der Waals surface area contributed by atoms with Crippen molar-refractivity contribution in [1.82, 2.24) is 0 Å². The zero-order valence-corrected chi connectivity index (χ0v) is 13.7. The minimum Gasteiger partial charge on any atom is -0.453 e. The number of hydrogen-bond donors (Lipinski definition) is 2. The van der Waals surface area contributed by atoms with Crippen LogP contribution >= 0.6 is 31.9 Å². The molecule has 0 fully saturated rings. The van der Waals surface area contributed by atoms with Crippen LogP contribution in [0.1, 0.15) is 5.76 Å². The molecule has 1 heterocycles. The van der Waals surface area contributed by atoms with Crippen molar-refractivity contribution in [1.29, 1.82) is 0 Å². The maximum Gasteiger partial charge on any atom is 0.411 e. The molecule has 0 spiro atoms. The van der Waals surface area contributed by atoms with Gasteiger partial charge in [-0.1, -0.05) is 0 Å². The van der Waals surface area contributed by atoms with E-state index < -0.39 is 6.09 Å². The minimum absolute atomic E-state index is 0.490. The Labute approximate surface area is 132 Å². The van der Waals surface area contributed by atoms with Gasteiger partial charge in [0, 0.05) is 11.4 Å². The third-order valence-corrected chi connectivity index (χ3v) is 4.19. The molecule has 1 amide bonds. The zero-order valence-electron chi connectivity index (χ0n) is 10.6. The Balaban J connectivity index is 1.92. The lowest BCUT2D eigenvalue weighted by Gasteiger charge is -2.07. The highest BCUT2D eigenvalue weighted by Gasteiger charge is 2.06. The fourth-order valence-electron chi connectivity index (χ4n) is 1.51. The molecule has 0 bridgehead atoms. The van der Waals surface area contributed by atoms with Crippen LogP contribution in [-0.4, -0.2) is 13.2 Å². The standard InChI is InChI=1S/C13H12Br2N2O3/c1-19-13(18)17-9-4-2-8(3-5-9)16-7-10-6-11(14)12(15)20-10/h2-6,16H,7H2,1H3,(H,17,18). The first-order valence-electron chi connectivity index (χ1n) is 5.71. The predicted molar refractivity (Wildman–Crippen MR) is 83.9 cm³/mol. The summed E-state index contributed by atoms with van der Waals surface area (Å²) in [7, 11) is 1.32. The third-order valence-electron chi connectivity index (χ3n) is 2.48. The molecule has 0 aliphatic heterocycles. The van der Waals surface area contributed by atoms with Gasteiger partial charge in [0.2, 0.25) is 0 Å². The summed E-state index contributed by atoms with van der Waals surface area (Å²) < 4.78 is 11.5. The van der Waals surface area contributed by atoms with Crippen molar-refractivity contribution in [2.24, 2.45) is 0 Å². The summed E-state index contributed by atoms with van der Waals surface area (Å²) in [5.74, 6) is 0.806. The van der Waals surface area contributed by atoms with Crippen LogP contribution in [0.15, 0.2) is 43.9 Å². The Morgan fingerprint density at radius 2 is 1.90 bits per heavy atom. The van der Waals surface area contributed by atoms with Gasteiger partial charge < -0.3 is 14.5 Å². The van der Waals surface area contributed by atoms with Gasteiger partial charge in [-0.2, -0.15) is 0 Å². The van der Waals surface area contributed by atoms with Crippen molar-refractivity contribution in [3.8, 4) is 0 Å². The second-order valence-corrected chi connectivity index (χ2v) is 5.46. The van der Waals surface area contributed by atoms with E-state index in [1.165, 1.54) is 7.11 Å². The SMILES string of the molecule is COC(=O)Nc1ccc(NCc2cc(Br)c(Br)o2)cc1. The summed E-state index contributed by atoms with van der Waals surface area (Å²) in [5, 5.41) is 5.80. The summed E-state index contributed by atoms with van der Waals surface area (Å²) in [6.45, 7) is 0.563. The summed E-state index contributed by atoms with van der Waals surface area (Å²) in [6.07, 6.45) is -0.490. The Hall–Kier alpha value is -1.47. The quantitative estimate of drug-likeness (QED) is 0.783. The van der Waals surface area contributed by atoms with Crippen molar-refractivity contribution >= 4 is 49.3 Å². The number of hydrogen-bond acceptors (Lipinski definition) is 4. The highest BCUT2D eigenvalue weighted by molar-refractivity contribution is 9.13. The molecular weight excluding hydrogens is 392 g/mol. The number of ether oxygens (including phenoxy) is 1. The maximum absolute atomic E-state index is 11.0. The molecule has 1 aromatic carbocycles. The molecule has 0 aliphatic rings. The number of benzene rings is 1. The number of carbonyl (C=O) groups is 1. The first kappa shape index (κ1) is 14.9. The van der Waals surface area contributed by atoms with Crippen molar-refractivity contribution in [3.05, 3.63) is 45.2 Å². The summed E-state index contributed by atoms with van der Waals surface area (Å²) in [4.78, 5) is 11.0. The molecule has 1 aromatic heterocycles. The first-order valence-corrected chi connectivity index (χ1v) is 7.29. The Bertz CT molecular complexity index is 577. The van der Waals surface area contributed by atoms with Gasteiger partial charge in [0.25, 0.3) is 0 Å². The van der Waals surface area contributed by atoms with E-state index in [-0.39, 0.29) is 0 Å². The van der Waals surface area contributed by atoms with Gasteiger partial charge in [0.1, 0.15) is 5.76 Å². The fraction of sp³-hybridized carbons (Fsp3) is 0.154. The number of amides is 1. The van der Waals surface area contributed by atoms with E-state index in [0.717, 1.165) is 15.9 Å². The van der Waals surface area contributed by atoms with Crippen molar-refractivity contribution in [3.63, 3.8) is 0 Å². The number of nitrogens with one attached hydrogen (secondary N) is 2. The smallest absolute Gasteiger partial charge is 0.411 e. The van der Waals surface area contributed by atoms with Crippen LogP contribution in [0.4, 0.5) is 16.2 Å². The van der Waals surface area contributed by atoms with Crippen LogP contribution in [0.25, 0.3) is 0 Å². The lowest BCUT2D eigenvalue weighted by Crippen LogP contribution is -2.10. The molecule has 7 heteroatoms. The van der Waals surface area contributed by atoms with E-state index in [9.17, 15) is 4.79 Å². The van der Waals surface area contributed by atoms with Crippen molar-refractivity contribution in [2.45, 2.75) is 6.54 Å². The molecular formula is C13H12Br2N2O3. The maximum atomic E-state index is 11.0. The van der Waals surface area contributed by atoms with Gasteiger partial charge in [-0.25, -0.2) is 4.79 Å². The van der Waals surface area contributed by atoms with Crippen molar-refractivity contribution < 1.29 is 13.9 Å². The number of rotatable bonds is 4. The van der Waals surface area contributed by atoms with Crippen LogP contribution in [0.5, 0.6) is 0 Å². The molecule has 2 N–H and O–H groups in total. The number of anilines is 2. The summed E-state index contributed by atoms with van der Waals surface area (Å²) in [5.41, 5.74) is 1.59. The number of furan rings is 1. The molecule has 106 valence electrons. The second-order valence-electron chi connectivity index (χ2n) is 3.88. The predicted octanol–water partition coefficient (Wildman–Crippen LogP) is 4.60. The second kappa shape index (κ2) is 6.81. The van der Waals surface area contributed by atoms with E-state index in [1.54, 1.807) is 12.1 Å². The van der Waals surface area contributed by atoms with Crippen LogP contribution < -0.4 is 10.6 Å². The van der Waals surface area contributed by atoms with Gasteiger partial charge in [0.05, 0.1) is 18.1 Å². The molecule has 0 saturated carbocycles. The zero-order chi connectivity index (χ0) is 14.5. The van der Waals surface area contributed by atoms with Gasteiger partial charge in [-0.15, -0.1) is 0 Å². The van der Waals surface area contributed by atoms with Crippen molar-refractivity contribution in [2.75, 3.05) is 17.7 Å². The van der Waals surface area contributed by atoms with Gasteiger partial charge in [-0.3, -0.25) is 5.32 Å².